The molecule has 1 unspecified atom stereocenters. The maximum absolute atomic E-state index is 12.9. The first-order chi connectivity index (χ1) is 9.65. The highest BCUT2D eigenvalue weighted by molar-refractivity contribution is 5.95. The van der Waals surface area contributed by atoms with Crippen molar-refractivity contribution in [3.05, 3.63) is 29.3 Å². The van der Waals surface area contributed by atoms with Gasteiger partial charge in [-0.2, -0.15) is 18.4 Å². The van der Waals surface area contributed by atoms with Gasteiger partial charge < -0.3 is 10.5 Å². The molecule has 1 aromatic carbocycles. The summed E-state index contributed by atoms with van der Waals surface area (Å²) in [7, 11) is 0. The molecular formula is C12H10F3N3O3. The zero-order chi connectivity index (χ0) is 16.2. The average Bonchev–Trinajstić information content (AvgIpc) is 2.37. The Morgan fingerprint density at radius 3 is 2.52 bits per heavy atom. The molecule has 1 rings (SSSR count). The first-order valence-electron chi connectivity index (χ1n) is 5.53. The maximum atomic E-state index is 12.9. The number of halogens is 3. The summed E-state index contributed by atoms with van der Waals surface area (Å²) in [6, 6.07) is 3.07. The molecule has 0 aliphatic carbocycles. The molecule has 21 heavy (non-hydrogen) atoms. The molecule has 0 bridgehead atoms. The van der Waals surface area contributed by atoms with Crippen molar-refractivity contribution in [2.24, 2.45) is 5.73 Å². The van der Waals surface area contributed by atoms with Crippen molar-refractivity contribution in [3.63, 3.8) is 0 Å². The number of carbonyl (C=O) groups is 2. The molecule has 112 valence electrons. The molecule has 0 aliphatic heterocycles. The zero-order valence-electron chi connectivity index (χ0n) is 10.7. The van der Waals surface area contributed by atoms with Gasteiger partial charge in [0.1, 0.15) is 5.75 Å². The number of nitrogens with zero attached hydrogens (tertiary/aromatic N) is 1. The van der Waals surface area contributed by atoms with E-state index >= 15 is 0 Å². The van der Waals surface area contributed by atoms with Crippen LogP contribution in [0.1, 0.15) is 18.1 Å². The number of nitrogens with one attached hydrogen (secondary N) is 1. The number of amides is 3. The molecular weight excluding hydrogens is 291 g/mol. The standard InChI is InChI=1S/C12H10F3N3O3/c1-6(10(19)18-11(17)20)21-9-3-2-7(5-16)4-8(9)12(13,14)15/h2-4,6H,1H3,(H3,17,18,19,20). The number of nitriles is 1. The van der Waals surface area contributed by atoms with E-state index in [1.54, 1.807) is 11.4 Å². The van der Waals surface area contributed by atoms with Gasteiger partial charge in [0.05, 0.1) is 17.2 Å². The van der Waals surface area contributed by atoms with Gasteiger partial charge in [-0.25, -0.2) is 4.79 Å². The van der Waals surface area contributed by atoms with Crippen molar-refractivity contribution in [1.82, 2.24) is 5.32 Å². The Labute approximate surface area is 117 Å². The summed E-state index contributed by atoms with van der Waals surface area (Å²) in [5.41, 5.74) is 3.32. The molecule has 1 aromatic rings. The van der Waals surface area contributed by atoms with E-state index in [9.17, 15) is 22.8 Å². The minimum Gasteiger partial charge on any atom is -0.480 e. The summed E-state index contributed by atoms with van der Waals surface area (Å²) in [6.07, 6.45) is -6.14. The van der Waals surface area contributed by atoms with Crippen LogP contribution < -0.4 is 15.8 Å². The Bertz CT molecular complexity index is 608. The highest BCUT2D eigenvalue weighted by Crippen LogP contribution is 2.37. The fourth-order valence-electron chi connectivity index (χ4n) is 1.39. The highest BCUT2D eigenvalue weighted by Gasteiger charge is 2.35. The Morgan fingerprint density at radius 2 is 2.05 bits per heavy atom. The number of imide groups is 1. The number of ether oxygens (including phenoxy) is 1. The largest absolute Gasteiger partial charge is 0.480 e. The Hall–Kier alpha value is -2.76. The molecule has 0 aromatic heterocycles. The van der Waals surface area contributed by atoms with Crippen molar-refractivity contribution in [3.8, 4) is 11.8 Å². The Balaban J connectivity index is 3.06. The minimum absolute atomic E-state index is 0.205. The van der Waals surface area contributed by atoms with E-state index in [4.69, 9.17) is 15.7 Å². The van der Waals surface area contributed by atoms with E-state index in [1.165, 1.54) is 0 Å². The lowest BCUT2D eigenvalue weighted by Gasteiger charge is -2.18. The Morgan fingerprint density at radius 1 is 1.43 bits per heavy atom. The van der Waals surface area contributed by atoms with Crippen molar-refractivity contribution >= 4 is 11.9 Å². The fourth-order valence-corrected chi connectivity index (χ4v) is 1.39. The first kappa shape index (κ1) is 16.3. The predicted molar refractivity (Wildman–Crippen MR) is 64.0 cm³/mol. The third-order valence-corrected chi connectivity index (χ3v) is 2.33. The summed E-state index contributed by atoms with van der Waals surface area (Å²) in [5.74, 6) is -1.62. The van der Waals surface area contributed by atoms with Crippen molar-refractivity contribution in [2.45, 2.75) is 19.2 Å². The minimum atomic E-state index is -4.76. The number of primary amides is 1. The maximum Gasteiger partial charge on any atom is 0.420 e. The number of rotatable bonds is 3. The SMILES string of the molecule is CC(Oc1ccc(C#N)cc1C(F)(F)F)C(=O)NC(N)=O. The number of hydrogen-bond acceptors (Lipinski definition) is 4. The number of nitrogens with two attached hydrogens (primary N) is 1. The molecule has 3 N–H and O–H groups in total. The topological polar surface area (TPSA) is 105 Å². The number of urea groups is 1. The monoisotopic (exact) mass is 301 g/mol. The smallest absolute Gasteiger partial charge is 0.420 e. The van der Waals surface area contributed by atoms with Gasteiger partial charge in [-0.05, 0) is 25.1 Å². The third-order valence-electron chi connectivity index (χ3n) is 2.33. The van der Waals surface area contributed by atoms with Gasteiger partial charge >= 0.3 is 12.2 Å². The lowest BCUT2D eigenvalue weighted by Crippen LogP contribution is -2.42. The lowest BCUT2D eigenvalue weighted by molar-refractivity contribution is -0.140. The quantitative estimate of drug-likeness (QED) is 0.883. The lowest BCUT2D eigenvalue weighted by atomic mass is 10.1. The van der Waals surface area contributed by atoms with Crippen LogP contribution in [-0.2, 0) is 11.0 Å². The van der Waals surface area contributed by atoms with E-state index in [0.717, 1.165) is 19.1 Å². The van der Waals surface area contributed by atoms with Crippen LogP contribution in [0.5, 0.6) is 5.75 Å². The van der Waals surface area contributed by atoms with Crippen LogP contribution >= 0.6 is 0 Å². The van der Waals surface area contributed by atoms with E-state index in [1.807, 2.05) is 0 Å². The van der Waals surface area contributed by atoms with E-state index < -0.39 is 35.5 Å². The van der Waals surface area contributed by atoms with Crippen LogP contribution in [0.4, 0.5) is 18.0 Å². The Kier molecular flexibility index (Phi) is 4.75. The number of benzene rings is 1. The van der Waals surface area contributed by atoms with Gasteiger partial charge in [0.2, 0.25) is 0 Å². The number of alkyl halides is 3. The first-order valence-corrected chi connectivity index (χ1v) is 5.53. The summed E-state index contributed by atoms with van der Waals surface area (Å²) in [4.78, 5) is 21.9. The van der Waals surface area contributed by atoms with E-state index in [0.29, 0.717) is 6.07 Å². The number of carbonyl (C=O) groups excluding carboxylic acids is 2. The van der Waals surface area contributed by atoms with Crippen LogP contribution in [0, 0.1) is 11.3 Å². The molecule has 3 amide bonds. The molecule has 0 radical (unpaired) electrons. The molecule has 0 fully saturated rings. The molecule has 6 nitrogen and oxygen atoms in total. The third kappa shape index (κ3) is 4.38. The van der Waals surface area contributed by atoms with Gasteiger partial charge in [-0.3, -0.25) is 10.1 Å². The summed E-state index contributed by atoms with van der Waals surface area (Å²) in [6.45, 7) is 1.15. The second-order valence-corrected chi connectivity index (χ2v) is 3.93. The predicted octanol–water partition coefficient (Wildman–Crippen LogP) is 1.54. The fraction of sp³-hybridized carbons (Fsp3) is 0.250. The molecule has 0 saturated carbocycles. The van der Waals surface area contributed by atoms with Crippen molar-refractivity contribution in [1.29, 1.82) is 5.26 Å². The van der Waals surface area contributed by atoms with Crippen LogP contribution in [0.25, 0.3) is 0 Å². The molecule has 9 heteroatoms. The van der Waals surface area contributed by atoms with E-state index in [2.05, 4.69) is 0 Å². The van der Waals surface area contributed by atoms with Gasteiger partial charge in [0.15, 0.2) is 6.10 Å². The number of hydrogen-bond donors (Lipinski definition) is 2. The van der Waals surface area contributed by atoms with Gasteiger partial charge in [0, 0.05) is 0 Å². The molecule has 0 saturated heterocycles. The van der Waals surface area contributed by atoms with Crippen LogP contribution in [0.3, 0.4) is 0 Å². The van der Waals surface area contributed by atoms with Crippen LogP contribution in [0.2, 0.25) is 0 Å². The van der Waals surface area contributed by atoms with Crippen molar-refractivity contribution in [2.75, 3.05) is 0 Å². The molecule has 0 spiro atoms. The average molecular weight is 301 g/mol. The van der Waals surface area contributed by atoms with Gasteiger partial charge in [-0.15, -0.1) is 0 Å². The highest BCUT2D eigenvalue weighted by atomic mass is 19.4. The summed E-state index contributed by atoms with van der Waals surface area (Å²) >= 11 is 0. The van der Waals surface area contributed by atoms with Crippen molar-refractivity contribution < 1.29 is 27.5 Å². The molecule has 1 atom stereocenters. The van der Waals surface area contributed by atoms with Gasteiger partial charge in [-0.1, -0.05) is 0 Å². The normalized spacial score (nSPS) is 12.1. The molecule has 0 aliphatic rings. The molecule has 0 heterocycles. The summed E-state index contributed by atoms with van der Waals surface area (Å²) in [5, 5.41) is 10.3. The zero-order valence-corrected chi connectivity index (χ0v) is 10.7. The van der Waals surface area contributed by atoms with Gasteiger partial charge in [0.25, 0.3) is 5.91 Å². The van der Waals surface area contributed by atoms with E-state index in [-0.39, 0.29) is 5.56 Å². The van der Waals surface area contributed by atoms with Crippen LogP contribution in [-0.4, -0.2) is 18.0 Å². The summed E-state index contributed by atoms with van der Waals surface area (Å²) < 4.78 is 43.5. The van der Waals surface area contributed by atoms with Crippen LogP contribution in [0.15, 0.2) is 18.2 Å². The second-order valence-electron chi connectivity index (χ2n) is 3.93. The second kappa shape index (κ2) is 6.13.